The molecule has 0 saturated carbocycles. The van der Waals surface area contributed by atoms with Gasteiger partial charge in [-0.05, 0) is 35.7 Å². The van der Waals surface area contributed by atoms with E-state index < -0.39 is 0 Å². The number of urea groups is 1. The third kappa shape index (κ3) is 4.30. The van der Waals surface area contributed by atoms with Crippen molar-refractivity contribution in [2.24, 2.45) is 0 Å². The van der Waals surface area contributed by atoms with Crippen molar-refractivity contribution in [2.75, 3.05) is 18.0 Å². The van der Waals surface area contributed by atoms with Gasteiger partial charge < -0.3 is 10.2 Å². The standard InChI is InChI=1S/C22H22N4O2S/c1-16-12-19(29-20(16)21(27)24-14-18-8-5-9-23-13-18)26-11-10-25(22(26)28)15-17-6-3-2-4-7-17/h2-9,12-13H,10-11,14-15H2,1H3,(H,24,27). The van der Waals surface area contributed by atoms with Gasteiger partial charge in [0.2, 0.25) is 0 Å². The summed E-state index contributed by atoms with van der Waals surface area (Å²) in [7, 11) is 0. The lowest BCUT2D eigenvalue weighted by atomic mass is 10.2. The predicted molar refractivity (Wildman–Crippen MR) is 114 cm³/mol. The molecule has 1 aliphatic heterocycles. The number of carbonyl (C=O) groups excluding carboxylic acids is 2. The molecule has 1 aliphatic rings. The molecule has 148 valence electrons. The molecule has 0 unspecified atom stereocenters. The van der Waals surface area contributed by atoms with Gasteiger partial charge in [-0.15, -0.1) is 11.3 Å². The molecule has 0 bridgehead atoms. The van der Waals surface area contributed by atoms with E-state index in [1.807, 2.05) is 60.4 Å². The summed E-state index contributed by atoms with van der Waals surface area (Å²) >= 11 is 1.36. The summed E-state index contributed by atoms with van der Waals surface area (Å²) in [5.41, 5.74) is 2.94. The Labute approximate surface area is 173 Å². The van der Waals surface area contributed by atoms with E-state index in [1.54, 1.807) is 17.3 Å². The first kappa shape index (κ1) is 19.1. The number of nitrogens with zero attached hydrogens (tertiary/aromatic N) is 3. The predicted octanol–water partition coefficient (Wildman–Crippen LogP) is 3.82. The van der Waals surface area contributed by atoms with Crippen molar-refractivity contribution < 1.29 is 9.59 Å². The number of pyridine rings is 1. The van der Waals surface area contributed by atoms with Crippen molar-refractivity contribution in [1.82, 2.24) is 15.2 Å². The molecule has 2 aromatic heterocycles. The normalized spacial score (nSPS) is 13.8. The summed E-state index contributed by atoms with van der Waals surface area (Å²) in [6.45, 7) is 4.22. The maximum absolute atomic E-state index is 12.9. The number of thiophene rings is 1. The van der Waals surface area contributed by atoms with Crippen molar-refractivity contribution in [3.05, 3.63) is 82.5 Å². The highest BCUT2D eigenvalue weighted by molar-refractivity contribution is 7.18. The fraction of sp³-hybridized carbons (Fsp3) is 0.227. The number of aromatic nitrogens is 1. The second-order valence-corrected chi connectivity index (χ2v) is 8.01. The number of aryl methyl sites for hydroxylation is 1. The van der Waals surface area contributed by atoms with E-state index in [4.69, 9.17) is 0 Å². The molecule has 7 heteroatoms. The van der Waals surface area contributed by atoms with E-state index in [0.717, 1.165) is 21.7 Å². The second kappa shape index (κ2) is 8.45. The van der Waals surface area contributed by atoms with Crippen LogP contribution in [0.4, 0.5) is 9.80 Å². The van der Waals surface area contributed by atoms with E-state index in [-0.39, 0.29) is 11.9 Å². The molecular formula is C22H22N4O2S. The van der Waals surface area contributed by atoms with Crippen LogP contribution in [0, 0.1) is 6.92 Å². The molecule has 29 heavy (non-hydrogen) atoms. The number of carbonyl (C=O) groups is 2. The van der Waals surface area contributed by atoms with Gasteiger partial charge >= 0.3 is 6.03 Å². The van der Waals surface area contributed by atoms with Gasteiger partial charge in [0.1, 0.15) is 5.00 Å². The molecule has 3 heterocycles. The first-order valence-electron chi connectivity index (χ1n) is 9.50. The van der Waals surface area contributed by atoms with E-state index in [0.29, 0.717) is 31.1 Å². The minimum atomic E-state index is -0.129. The van der Waals surface area contributed by atoms with Crippen LogP contribution in [0.25, 0.3) is 0 Å². The SMILES string of the molecule is Cc1cc(N2CCN(Cc3ccccc3)C2=O)sc1C(=O)NCc1cccnc1. The van der Waals surface area contributed by atoms with Crippen molar-refractivity contribution in [1.29, 1.82) is 0 Å². The van der Waals surface area contributed by atoms with Gasteiger partial charge in [-0.1, -0.05) is 36.4 Å². The van der Waals surface area contributed by atoms with Crippen molar-refractivity contribution in [3.63, 3.8) is 0 Å². The van der Waals surface area contributed by atoms with Crippen LogP contribution in [-0.4, -0.2) is 34.9 Å². The monoisotopic (exact) mass is 406 g/mol. The Morgan fingerprint density at radius 1 is 1.14 bits per heavy atom. The van der Waals surface area contributed by atoms with Crippen LogP contribution in [0.15, 0.2) is 60.9 Å². The van der Waals surface area contributed by atoms with Crippen LogP contribution < -0.4 is 10.2 Å². The number of rotatable bonds is 6. The van der Waals surface area contributed by atoms with Crippen LogP contribution in [0.3, 0.4) is 0 Å². The Bertz CT molecular complexity index is 1000. The summed E-state index contributed by atoms with van der Waals surface area (Å²) in [6.07, 6.45) is 3.44. The molecule has 0 radical (unpaired) electrons. The number of benzene rings is 1. The number of hydrogen-bond donors (Lipinski definition) is 1. The lowest BCUT2D eigenvalue weighted by molar-refractivity contribution is 0.0954. The Morgan fingerprint density at radius 2 is 1.93 bits per heavy atom. The van der Waals surface area contributed by atoms with E-state index in [2.05, 4.69) is 10.3 Å². The summed E-state index contributed by atoms with van der Waals surface area (Å²) in [5.74, 6) is -0.129. The molecule has 3 aromatic rings. The van der Waals surface area contributed by atoms with E-state index >= 15 is 0 Å². The first-order chi connectivity index (χ1) is 14.1. The molecule has 6 nitrogen and oxygen atoms in total. The maximum atomic E-state index is 12.9. The Kier molecular flexibility index (Phi) is 5.57. The van der Waals surface area contributed by atoms with Gasteiger partial charge in [0, 0.05) is 38.6 Å². The zero-order valence-electron chi connectivity index (χ0n) is 16.2. The lowest BCUT2D eigenvalue weighted by Gasteiger charge is -2.17. The zero-order chi connectivity index (χ0) is 20.2. The fourth-order valence-electron chi connectivity index (χ4n) is 3.33. The number of hydrogen-bond acceptors (Lipinski definition) is 4. The van der Waals surface area contributed by atoms with Gasteiger partial charge in [0.05, 0.1) is 4.88 Å². The van der Waals surface area contributed by atoms with Gasteiger partial charge in [-0.3, -0.25) is 14.7 Å². The fourth-order valence-corrected chi connectivity index (χ4v) is 4.44. The van der Waals surface area contributed by atoms with Crippen LogP contribution in [0.5, 0.6) is 0 Å². The maximum Gasteiger partial charge on any atom is 0.325 e. The van der Waals surface area contributed by atoms with E-state index in [9.17, 15) is 9.59 Å². The quantitative estimate of drug-likeness (QED) is 0.677. The highest BCUT2D eigenvalue weighted by Gasteiger charge is 2.31. The Hall–Kier alpha value is -3.19. The van der Waals surface area contributed by atoms with Crippen LogP contribution >= 0.6 is 11.3 Å². The summed E-state index contributed by atoms with van der Waals surface area (Å²) in [4.78, 5) is 33.8. The molecule has 0 atom stereocenters. The van der Waals surface area contributed by atoms with Crippen LogP contribution in [0.2, 0.25) is 0 Å². The Morgan fingerprint density at radius 3 is 2.69 bits per heavy atom. The highest BCUT2D eigenvalue weighted by atomic mass is 32.1. The number of nitrogens with one attached hydrogen (secondary N) is 1. The molecule has 1 saturated heterocycles. The van der Waals surface area contributed by atoms with Gasteiger partial charge in [-0.25, -0.2) is 4.79 Å². The molecule has 1 fully saturated rings. The Balaban J connectivity index is 1.42. The van der Waals surface area contributed by atoms with Crippen LogP contribution in [-0.2, 0) is 13.1 Å². The van der Waals surface area contributed by atoms with Crippen LogP contribution in [0.1, 0.15) is 26.4 Å². The molecule has 1 aromatic carbocycles. The smallest absolute Gasteiger partial charge is 0.325 e. The molecule has 0 spiro atoms. The number of anilines is 1. The van der Waals surface area contributed by atoms with Crippen molar-refractivity contribution in [2.45, 2.75) is 20.0 Å². The minimum absolute atomic E-state index is 0.0163. The average Bonchev–Trinajstić information content (AvgIpc) is 3.30. The van der Waals surface area contributed by atoms with Gasteiger partial charge in [0.15, 0.2) is 0 Å². The van der Waals surface area contributed by atoms with Crippen molar-refractivity contribution >= 4 is 28.3 Å². The zero-order valence-corrected chi connectivity index (χ0v) is 17.0. The summed E-state index contributed by atoms with van der Waals surface area (Å²) < 4.78 is 0. The molecular weight excluding hydrogens is 384 g/mol. The number of amides is 3. The summed E-state index contributed by atoms with van der Waals surface area (Å²) in [6, 6.07) is 15.6. The van der Waals surface area contributed by atoms with Gasteiger partial charge in [0.25, 0.3) is 5.91 Å². The largest absolute Gasteiger partial charge is 0.347 e. The molecule has 4 rings (SSSR count). The topological polar surface area (TPSA) is 65.5 Å². The highest BCUT2D eigenvalue weighted by Crippen LogP contribution is 2.32. The average molecular weight is 407 g/mol. The summed E-state index contributed by atoms with van der Waals surface area (Å²) in [5, 5.41) is 3.74. The molecule has 0 aliphatic carbocycles. The van der Waals surface area contributed by atoms with Crippen molar-refractivity contribution in [3.8, 4) is 0 Å². The molecule has 3 amide bonds. The first-order valence-corrected chi connectivity index (χ1v) is 10.3. The third-order valence-corrected chi connectivity index (χ3v) is 6.12. The lowest BCUT2D eigenvalue weighted by Crippen LogP contribution is -2.31. The van der Waals surface area contributed by atoms with E-state index in [1.165, 1.54) is 11.3 Å². The molecule has 1 N–H and O–H groups in total. The second-order valence-electron chi connectivity index (χ2n) is 6.98. The van der Waals surface area contributed by atoms with Gasteiger partial charge in [-0.2, -0.15) is 0 Å². The minimum Gasteiger partial charge on any atom is -0.347 e. The third-order valence-electron chi connectivity index (χ3n) is 4.86.